The summed E-state index contributed by atoms with van der Waals surface area (Å²) in [5.74, 6) is 0.0239. The molecular weight excluding hydrogens is 325 g/mol. The monoisotopic (exact) mass is 337 g/mol. The SMILES string of the molecule is O=C(Cc1cccc(-c2ccccc2)c1)NI. The molecule has 17 heavy (non-hydrogen) atoms. The first-order chi connectivity index (χ1) is 8.29. The van der Waals surface area contributed by atoms with E-state index in [0.717, 1.165) is 11.1 Å². The van der Waals surface area contributed by atoms with Crippen LogP contribution < -0.4 is 3.53 Å². The second-order valence-electron chi connectivity index (χ2n) is 3.76. The van der Waals surface area contributed by atoms with Crippen molar-refractivity contribution in [2.75, 3.05) is 0 Å². The third-order valence-corrected chi connectivity index (χ3v) is 3.11. The molecule has 0 spiro atoms. The zero-order valence-corrected chi connectivity index (χ0v) is 11.3. The van der Waals surface area contributed by atoms with E-state index in [0.29, 0.717) is 6.42 Å². The van der Waals surface area contributed by atoms with Crippen LogP contribution in [-0.4, -0.2) is 5.91 Å². The highest BCUT2D eigenvalue weighted by atomic mass is 127. The Bertz CT molecular complexity index is 511. The maximum absolute atomic E-state index is 11.3. The summed E-state index contributed by atoms with van der Waals surface area (Å²) >= 11 is 1.86. The van der Waals surface area contributed by atoms with E-state index in [2.05, 4.69) is 27.8 Å². The zero-order valence-electron chi connectivity index (χ0n) is 9.19. The lowest BCUT2D eigenvalue weighted by molar-refractivity contribution is -0.118. The van der Waals surface area contributed by atoms with Crippen molar-refractivity contribution in [3.05, 3.63) is 60.2 Å². The Kier molecular flexibility index (Phi) is 4.14. The summed E-state index contributed by atoms with van der Waals surface area (Å²) in [7, 11) is 0. The average molecular weight is 337 g/mol. The van der Waals surface area contributed by atoms with Crippen LogP contribution in [0.15, 0.2) is 54.6 Å². The predicted octanol–water partition coefficient (Wildman–Crippen LogP) is 3.36. The predicted molar refractivity (Wildman–Crippen MR) is 77.7 cm³/mol. The summed E-state index contributed by atoms with van der Waals surface area (Å²) in [5.41, 5.74) is 3.34. The van der Waals surface area contributed by atoms with Gasteiger partial charge in [0.15, 0.2) is 0 Å². The van der Waals surface area contributed by atoms with Crippen LogP contribution in [-0.2, 0) is 11.2 Å². The Morgan fingerprint density at radius 3 is 2.41 bits per heavy atom. The molecule has 0 unspecified atom stereocenters. The van der Waals surface area contributed by atoms with Crippen LogP contribution in [0.5, 0.6) is 0 Å². The summed E-state index contributed by atoms with van der Waals surface area (Å²) in [6.45, 7) is 0. The molecule has 3 heteroatoms. The number of hydrogen-bond donors (Lipinski definition) is 1. The molecule has 2 aromatic rings. The average Bonchev–Trinajstić information content (AvgIpc) is 2.40. The van der Waals surface area contributed by atoms with Gasteiger partial charge in [-0.3, -0.25) is 8.32 Å². The van der Waals surface area contributed by atoms with Gasteiger partial charge in [0.25, 0.3) is 0 Å². The lowest BCUT2D eigenvalue weighted by Crippen LogP contribution is -2.14. The quantitative estimate of drug-likeness (QED) is 0.675. The Labute approximate surface area is 115 Å². The van der Waals surface area contributed by atoms with Crippen LogP contribution in [0.4, 0.5) is 0 Å². The maximum Gasteiger partial charge on any atom is 0.233 e. The van der Waals surface area contributed by atoms with Gasteiger partial charge in [-0.05, 0) is 16.7 Å². The summed E-state index contributed by atoms with van der Waals surface area (Å²) in [5, 5.41) is 0. The van der Waals surface area contributed by atoms with Crippen LogP contribution in [0.1, 0.15) is 5.56 Å². The molecule has 0 aliphatic rings. The minimum absolute atomic E-state index is 0.0239. The Hall–Kier alpha value is -1.36. The highest BCUT2D eigenvalue weighted by molar-refractivity contribution is 14.1. The van der Waals surface area contributed by atoms with Crippen molar-refractivity contribution in [3.8, 4) is 11.1 Å². The minimum atomic E-state index is 0.0239. The number of carbonyl (C=O) groups is 1. The van der Waals surface area contributed by atoms with Crippen molar-refractivity contribution in [2.24, 2.45) is 0 Å². The molecule has 0 saturated carbocycles. The van der Waals surface area contributed by atoms with Gasteiger partial charge in [-0.1, -0.05) is 54.6 Å². The second kappa shape index (κ2) is 5.82. The molecule has 0 aliphatic carbocycles. The van der Waals surface area contributed by atoms with Gasteiger partial charge in [-0.15, -0.1) is 0 Å². The molecule has 0 fully saturated rings. The van der Waals surface area contributed by atoms with Gasteiger partial charge in [-0.25, -0.2) is 0 Å². The number of amides is 1. The van der Waals surface area contributed by atoms with Crippen LogP contribution >= 0.6 is 22.9 Å². The Balaban J connectivity index is 2.26. The van der Waals surface area contributed by atoms with Gasteiger partial charge in [0.2, 0.25) is 5.91 Å². The molecule has 1 N–H and O–H groups in total. The van der Waals surface area contributed by atoms with Gasteiger partial charge in [-0.2, -0.15) is 0 Å². The maximum atomic E-state index is 11.3. The molecule has 0 radical (unpaired) electrons. The van der Waals surface area contributed by atoms with E-state index in [1.54, 1.807) is 0 Å². The van der Waals surface area contributed by atoms with E-state index in [1.165, 1.54) is 5.56 Å². The minimum Gasteiger partial charge on any atom is -0.299 e. The topological polar surface area (TPSA) is 29.1 Å². The molecule has 2 aromatic carbocycles. The van der Waals surface area contributed by atoms with E-state index in [4.69, 9.17) is 0 Å². The van der Waals surface area contributed by atoms with Crippen molar-refractivity contribution in [1.29, 1.82) is 0 Å². The van der Waals surface area contributed by atoms with Crippen molar-refractivity contribution in [2.45, 2.75) is 6.42 Å². The highest BCUT2D eigenvalue weighted by Gasteiger charge is 2.03. The zero-order chi connectivity index (χ0) is 12.1. The molecule has 1 amide bonds. The van der Waals surface area contributed by atoms with E-state index >= 15 is 0 Å². The fourth-order valence-electron chi connectivity index (χ4n) is 1.71. The Morgan fingerprint density at radius 1 is 1.00 bits per heavy atom. The molecule has 0 aliphatic heterocycles. The smallest absolute Gasteiger partial charge is 0.233 e. The third-order valence-electron chi connectivity index (χ3n) is 2.50. The summed E-state index contributed by atoms with van der Waals surface area (Å²) in [6, 6.07) is 18.2. The standard InChI is InChI=1S/C14H12INO/c15-16-14(17)10-11-5-4-8-13(9-11)12-6-2-1-3-7-12/h1-9H,10H2,(H,16,17). The van der Waals surface area contributed by atoms with Crippen LogP contribution in [0.25, 0.3) is 11.1 Å². The number of hydrogen-bond acceptors (Lipinski definition) is 1. The molecule has 2 nitrogen and oxygen atoms in total. The molecular formula is C14H12INO. The third kappa shape index (κ3) is 3.30. The summed E-state index contributed by atoms with van der Waals surface area (Å²) < 4.78 is 2.60. The molecule has 0 bridgehead atoms. The lowest BCUT2D eigenvalue weighted by atomic mass is 10.0. The van der Waals surface area contributed by atoms with E-state index < -0.39 is 0 Å². The number of benzene rings is 2. The van der Waals surface area contributed by atoms with Crippen molar-refractivity contribution < 1.29 is 4.79 Å². The first-order valence-corrected chi connectivity index (χ1v) is 6.41. The van der Waals surface area contributed by atoms with E-state index in [1.807, 2.05) is 53.2 Å². The van der Waals surface area contributed by atoms with E-state index in [-0.39, 0.29) is 5.91 Å². The van der Waals surface area contributed by atoms with E-state index in [9.17, 15) is 4.79 Å². The van der Waals surface area contributed by atoms with Crippen LogP contribution in [0, 0.1) is 0 Å². The second-order valence-corrected chi connectivity index (χ2v) is 4.30. The molecule has 0 heterocycles. The van der Waals surface area contributed by atoms with Crippen LogP contribution in [0.3, 0.4) is 0 Å². The Morgan fingerprint density at radius 2 is 1.71 bits per heavy atom. The normalized spacial score (nSPS) is 9.94. The van der Waals surface area contributed by atoms with Gasteiger partial charge < -0.3 is 0 Å². The lowest BCUT2D eigenvalue weighted by Gasteiger charge is -2.04. The van der Waals surface area contributed by atoms with Gasteiger partial charge in [0, 0.05) is 0 Å². The largest absolute Gasteiger partial charge is 0.299 e. The first kappa shape index (κ1) is 12.1. The van der Waals surface area contributed by atoms with Crippen molar-refractivity contribution in [3.63, 3.8) is 0 Å². The van der Waals surface area contributed by atoms with Gasteiger partial charge in [0.05, 0.1) is 29.3 Å². The molecule has 0 aromatic heterocycles. The van der Waals surface area contributed by atoms with Gasteiger partial charge in [0.1, 0.15) is 0 Å². The number of nitrogens with one attached hydrogen (secondary N) is 1. The molecule has 2 rings (SSSR count). The van der Waals surface area contributed by atoms with Crippen molar-refractivity contribution >= 4 is 28.8 Å². The molecule has 0 atom stereocenters. The molecule has 0 saturated heterocycles. The highest BCUT2D eigenvalue weighted by Crippen LogP contribution is 2.20. The van der Waals surface area contributed by atoms with Crippen molar-refractivity contribution in [1.82, 2.24) is 3.53 Å². The fraction of sp³-hybridized carbons (Fsp3) is 0.0714. The molecule has 86 valence electrons. The first-order valence-electron chi connectivity index (χ1n) is 5.33. The summed E-state index contributed by atoms with van der Waals surface area (Å²) in [6.07, 6.45) is 0.420. The number of rotatable bonds is 3. The number of halogens is 1. The van der Waals surface area contributed by atoms with Gasteiger partial charge >= 0.3 is 0 Å². The fourth-order valence-corrected chi connectivity index (χ4v) is 1.90. The number of carbonyl (C=O) groups excluding carboxylic acids is 1. The summed E-state index contributed by atoms with van der Waals surface area (Å²) in [4.78, 5) is 11.3. The van der Waals surface area contributed by atoms with Crippen LogP contribution in [0.2, 0.25) is 0 Å².